The highest BCUT2D eigenvalue weighted by Gasteiger charge is 2.14. The monoisotopic (exact) mass is 383 g/mol. The highest BCUT2D eigenvalue weighted by atomic mass is 32.1. The van der Waals surface area contributed by atoms with Crippen molar-refractivity contribution in [1.29, 1.82) is 0 Å². The Bertz CT molecular complexity index is 971. The second-order valence-corrected chi connectivity index (χ2v) is 6.79. The van der Waals surface area contributed by atoms with Crippen LogP contribution in [0.25, 0.3) is 10.6 Å². The number of aryl methyl sites for hydroxylation is 1. The summed E-state index contributed by atoms with van der Waals surface area (Å²) in [5, 5.41) is 7.75. The largest absolute Gasteiger partial charge is 0.347 e. The summed E-state index contributed by atoms with van der Waals surface area (Å²) >= 11 is 1.41. The van der Waals surface area contributed by atoms with Gasteiger partial charge in [-0.15, -0.1) is 11.3 Å². The molecule has 0 unspecified atom stereocenters. The summed E-state index contributed by atoms with van der Waals surface area (Å²) in [4.78, 5) is 28.3. The number of hydrogen-bond acceptors (Lipinski definition) is 4. The molecule has 7 heteroatoms. The number of thiazole rings is 1. The molecular weight excluding hydrogens is 365 g/mol. The molecule has 0 radical (unpaired) electrons. The summed E-state index contributed by atoms with van der Waals surface area (Å²) in [5.41, 5.74) is 2.98. The van der Waals surface area contributed by atoms with Crippen LogP contribution in [-0.2, 0) is 16.0 Å². The molecule has 27 heavy (non-hydrogen) atoms. The van der Waals surface area contributed by atoms with Crippen molar-refractivity contribution in [2.45, 2.75) is 13.3 Å². The Morgan fingerprint density at radius 2 is 1.93 bits per heavy atom. The lowest BCUT2D eigenvalue weighted by atomic mass is 10.2. The molecule has 3 aromatic rings. The standard InChI is InChI=1S/C20H18FN3O2S/c1-13-5-2-3-8-17(13)24-19(26)18(25)22-10-9-16-12-27-20(23-16)14-6-4-7-15(21)11-14/h2-8,11-12H,9-10H2,1H3,(H,22,25)(H,24,26). The quantitative estimate of drug-likeness (QED) is 0.662. The Morgan fingerprint density at radius 1 is 1.11 bits per heavy atom. The van der Waals surface area contributed by atoms with Crippen LogP contribution >= 0.6 is 11.3 Å². The second kappa shape index (κ2) is 8.55. The molecular formula is C20H18FN3O2S. The maximum absolute atomic E-state index is 13.3. The maximum Gasteiger partial charge on any atom is 0.313 e. The lowest BCUT2D eigenvalue weighted by Crippen LogP contribution is -2.36. The van der Waals surface area contributed by atoms with Crippen molar-refractivity contribution < 1.29 is 14.0 Å². The molecule has 0 aliphatic heterocycles. The van der Waals surface area contributed by atoms with E-state index in [1.165, 1.54) is 23.5 Å². The first-order chi connectivity index (χ1) is 13.0. The van der Waals surface area contributed by atoms with E-state index in [0.717, 1.165) is 11.3 Å². The van der Waals surface area contributed by atoms with Gasteiger partial charge in [-0.2, -0.15) is 0 Å². The summed E-state index contributed by atoms with van der Waals surface area (Å²) < 4.78 is 13.3. The van der Waals surface area contributed by atoms with Gasteiger partial charge in [0.1, 0.15) is 10.8 Å². The van der Waals surface area contributed by atoms with Crippen LogP contribution in [0, 0.1) is 12.7 Å². The van der Waals surface area contributed by atoms with Gasteiger partial charge < -0.3 is 10.6 Å². The third-order valence-electron chi connectivity index (χ3n) is 3.89. The number of rotatable bonds is 5. The second-order valence-electron chi connectivity index (χ2n) is 5.93. The predicted octanol–water partition coefficient (Wildman–Crippen LogP) is 3.56. The normalized spacial score (nSPS) is 10.4. The maximum atomic E-state index is 13.3. The molecule has 0 atom stereocenters. The Kier molecular flexibility index (Phi) is 5.93. The molecule has 0 saturated heterocycles. The van der Waals surface area contributed by atoms with Crippen LogP contribution in [-0.4, -0.2) is 23.3 Å². The Hall–Kier alpha value is -3.06. The van der Waals surface area contributed by atoms with Crippen LogP contribution in [0.1, 0.15) is 11.3 Å². The van der Waals surface area contributed by atoms with Crippen molar-refractivity contribution in [2.24, 2.45) is 0 Å². The average molecular weight is 383 g/mol. The fourth-order valence-electron chi connectivity index (χ4n) is 2.45. The first-order valence-corrected chi connectivity index (χ1v) is 9.26. The van der Waals surface area contributed by atoms with Gasteiger partial charge in [-0.05, 0) is 30.7 Å². The average Bonchev–Trinajstić information content (AvgIpc) is 3.12. The minimum absolute atomic E-state index is 0.284. The Morgan fingerprint density at radius 3 is 2.70 bits per heavy atom. The molecule has 5 nitrogen and oxygen atoms in total. The third kappa shape index (κ3) is 4.98. The number of nitrogens with one attached hydrogen (secondary N) is 2. The molecule has 2 amide bonds. The van der Waals surface area contributed by atoms with Gasteiger partial charge in [0, 0.05) is 29.6 Å². The molecule has 0 bridgehead atoms. The van der Waals surface area contributed by atoms with E-state index in [4.69, 9.17) is 0 Å². The molecule has 0 aliphatic rings. The van der Waals surface area contributed by atoms with Crippen LogP contribution < -0.4 is 10.6 Å². The fourth-order valence-corrected chi connectivity index (χ4v) is 3.30. The van der Waals surface area contributed by atoms with E-state index in [1.54, 1.807) is 24.3 Å². The summed E-state index contributed by atoms with van der Waals surface area (Å²) in [6, 6.07) is 13.5. The number of nitrogens with zero attached hydrogens (tertiary/aromatic N) is 1. The molecule has 0 spiro atoms. The molecule has 0 aliphatic carbocycles. The number of amides is 2. The number of anilines is 1. The summed E-state index contributed by atoms with van der Waals surface area (Å²) in [5.74, 6) is -1.71. The minimum atomic E-state index is -0.706. The Labute approximate surface area is 160 Å². The van der Waals surface area contributed by atoms with E-state index in [9.17, 15) is 14.0 Å². The van der Waals surface area contributed by atoms with Crippen LogP contribution in [0.3, 0.4) is 0 Å². The molecule has 138 valence electrons. The van der Waals surface area contributed by atoms with Crippen molar-refractivity contribution in [2.75, 3.05) is 11.9 Å². The zero-order chi connectivity index (χ0) is 19.2. The number of hydrogen-bond donors (Lipinski definition) is 2. The number of halogens is 1. The number of benzene rings is 2. The van der Waals surface area contributed by atoms with Gasteiger partial charge in [-0.25, -0.2) is 9.37 Å². The third-order valence-corrected chi connectivity index (χ3v) is 4.83. The van der Waals surface area contributed by atoms with Crippen LogP contribution in [0.2, 0.25) is 0 Å². The summed E-state index contributed by atoms with van der Waals surface area (Å²) in [6.07, 6.45) is 0.481. The molecule has 2 N–H and O–H groups in total. The van der Waals surface area contributed by atoms with Crippen molar-refractivity contribution in [1.82, 2.24) is 10.3 Å². The number of carbonyl (C=O) groups excluding carboxylic acids is 2. The summed E-state index contributed by atoms with van der Waals surface area (Å²) in [6.45, 7) is 2.14. The van der Waals surface area contributed by atoms with Gasteiger partial charge in [0.15, 0.2) is 0 Å². The van der Waals surface area contributed by atoms with E-state index in [-0.39, 0.29) is 12.4 Å². The number of para-hydroxylation sites is 1. The number of aromatic nitrogens is 1. The highest BCUT2D eigenvalue weighted by molar-refractivity contribution is 7.13. The lowest BCUT2D eigenvalue weighted by molar-refractivity contribution is -0.136. The van der Waals surface area contributed by atoms with Crippen LogP contribution in [0.4, 0.5) is 10.1 Å². The van der Waals surface area contributed by atoms with E-state index in [0.29, 0.717) is 22.7 Å². The van der Waals surface area contributed by atoms with Crippen LogP contribution in [0.15, 0.2) is 53.9 Å². The van der Waals surface area contributed by atoms with Gasteiger partial charge in [-0.1, -0.05) is 30.3 Å². The van der Waals surface area contributed by atoms with E-state index in [1.807, 2.05) is 24.4 Å². The molecule has 1 aromatic heterocycles. The SMILES string of the molecule is Cc1ccccc1NC(=O)C(=O)NCCc1csc(-c2cccc(F)c2)n1. The van der Waals surface area contributed by atoms with Crippen molar-refractivity contribution in [3.63, 3.8) is 0 Å². The zero-order valence-corrected chi connectivity index (χ0v) is 15.5. The highest BCUT2D eigenvalue weighted by Crippen LogP contribution is 2.24. The van der Waals surface area contributed by atoms with E-state index >= 15 is 0 Å². The van der Waals surface area contributed by atoms with Gasteiger partial charge in [0.05, 0.1) is 5.69 Å². The minimum Gasteiger partial charge on any atom is -0.347 e. The first kappa shape index (κ1) is 18.7. The predicted molar refractivity (Wildman–Crippen MR) is 104 cm³/mol. The van der Waals surface area contributed by atoms with Gasteiger partial charge in [0.2, 0.25) is 0 Å². The van der Waals surface area contributed by atoms with E-state index in [2.05, 4.69) is 15.6 Å². The Balaban J connectivity index is 1.50. The molecule has 0 saturated carbocycles. The van der Waals surface area contributed by atoms with Gasteiger partial charge in [0.25, 0.3) is 0 Å². The zero-order valence-electron chi connectivity index (χ0n) is 14.7. The van der Waals surface area contributed by atoms with Crippen LogP contribution in [0.5, 0.6) is 0 Å². The molecule has 1 heterocycles. The topological polar surface area (TPSA) is 71.1 Å². The van der Waals surface area contributed by atoms with Crippen molar-refractivity contribution in [3.05, 3.63) is 71.0 Å². The summed E-state index contributed by atoms with van der Waals surface area (Å²) in [7, 11) is 0. The number of carbonyl (C=O) groups is 2. The van der Waals surface area contributed by atoms with E-state index < -0.39 is 11.8 Å². The lowest BCUT2D eigenvalue weighted by Gasteiger charge is -2.08. The van der Waals surface area contributed by atoms with Gasteiger partial charge >= 0.3 is 11.8 Å². The molecule has 0 fully saturated rings. The first-order valence-electron chi connectivity index (χ1n) is 8.38. The molecule has 2 aromatic carbocycles. The smallest absolute Gasteiger partial charge is 0.313 e. The van der Waals surface area contributed by atoms with Crippen molar-refractivity contribution in [3.8, 4) is 10.6 Å². The molecule has 3 rings (SSSR count). The fraction of sp³-hybridized carbons (Fsp3) is 0.150. The van der Waals surface area contributed by atoms with Crippen molar-refractivity contribution >= 4 is 28.8 Å². The van der Waals surface area contributed by atoms with Gasteiger partial charge in [-0.3, -0.25) is 9.59 Å².